The van der Waals surface area contributed by atoms with E-state index in [9.17, 15) is 4.79 Å². The Morgan fingerprint density at radius 3 is 2.61 bits per heavy atom. The molecule has 7 heteroatoms. The van der Waals surface area contributed by atoms with Gasteiger partial charge in [0.1, 0.15) is 0 Å². The summed E-state index contributed by atoms with van der Waals surface area (Å²) in [4.78, 5) is 16.3. The monoisotopic (exact) mass is 381 g/mol. The number of aromatic nitrogens is 1. The molecule has 0 spiro atoms. The molecule has 134 valence electrons. The molecule has 0 aliphatic heterocycles. The van der Waals surface area contributed by atoms with E-state index in [1.165, 1.54) is 0 Å². The third kappa shape index (κ3) is 10.8. The summed E-state index contributed by atoms with van der Waals surface area (Å²) in [6, 6.07) is 5.89. The number of carbonyl (C=O) groups is 1. The van der Waals surface area contributed by atoms with E-state index in [0.29, 0.717) is 18.9 Å². The molecule has 1 unspecified atom stereocenters. The minimum Gasteiger partial charge on any atom is -0.350 e. The van der Waals surface area contributed by atoms with E-state index in [-0.39, 0.29) is 36.3 Å². The summed E-state index contributed by atoms with van der Waals surface area (Å²) in [5.74, 6) is 2.23. The minimum absolute atomic E-state index is 0. The SMILES string of the molecule is CC(C)CC(C)(CN)NC(=O)CCSCc1ccccn1.Cl.Cl. The van der Waals surface area contributed by atoms with Crippen LogP contribution in [0.3, 0.4) is 0 Å². The van der Waals surface area contributed by atoms with Crippen molar-refractivity contribution in [2.24, 2.45) is 11.7 Å². The van der Waals surface area contributed by atoms with Crippen LogP contribution in [0.2, 0.25) is 0 Å². The van der Waals surface area contributed by atoms with Crippen LogP contribution < -0.4 is 11.1 Å². The van der Waals surface area contributed by atoms with Crippen molar-refractivity contribution < 1.29 is 4.79 Å². The molecule has 0 bridgehead atoms. The molecule has 1 amide bonds. The second-order valence-electron chi connectivity index (χ2n) is 6.03. The van der Waals surface area contributed by atoms with Crippen molar-refractivity contribution >= 4 is 42.5 Å². The van der Waals surface area contributed by atoms with Crippen molar-refractivity contribution in [3.05, 3.63) is 30.1 Å². The molecule has 0 aliphatic carbocycles. The minimum atomic E-state index is -0.295. The van der Waals surface area contributed by atoms with Gasteiger partial charge in [-0.3, -0.25) is 9.78 Å². The van der Waals surface area contributed by atoms with Crippen LogP contribution in [0, 0.1) is 5.92 Å². The zero-order chi connectivity index (χ0) is 15.7. The van der Waals surface area contributed by atoms with Gasteiger partial charge in [0.25, 0.3) is 0 Å². The van der Waals surface area contributed by atoms with Crippen LogP contribution in [-0.2, 0) is 10.5 Å². The van der Waals surface area contributed by atoms with Crippen molar-refractivity contribution in [2.45, 2.75) is 44.9 Å². The summed E-state index contributed by atoms with van der Waals surface area (Å²) >= 11 is 1.73. The van der Waals surface area contributed by atoms with Gasteiger partial charge in [-0.05, 0) is 31.4 Å². The molecule has 4 nitrogen and oxygen atoms in total. The first-order chi connectivity index (χ1) is 9.95. The quantitative estimate of drug-likeness (QED) is 0.642. The van der Waals surface area contributed by atoms with E-state index in [4.69, 9.17) is 5.73 Å². The summed E-state index contributed by atoms with van der Waals surface area (Å²) in [6.45, 7) is 6.77. The van der Waals surface area contributed by atoms with Gasteiger partial charge in [-0.1, -0.05) is 19.9 Å². The van der Waals surface area contributed by atoms with Gasteiger partial charge in [-0.25, -0.2) is 0 Å². The molecule has 0 fully saturated rings. The predicted octanol–water partition coefficient (Wildman–Crippen LogP) is 3.43. The maximum Gasteiger partial charge on any atom is 0.221 e. The predicted molar refractivity (Wildman–Crippen MR) is 105 cm³/mol. The van der Waals surface area contributed by atoms with Gasteiger partial charge in [0.15, 0.2) is 0 Å². The van der Waals surface area contributed by atoms with E-state index in [1.807, 2.05) is 25.1 Å². The van der Waals surface area contributed by atoms with Crippen molar-refractivity contribution in [1.82, 2.24) is 10.3 Å². The first-order valence-corrected chi connectivity index (χ1v) is 8.59. The number of thioether (sulfide) groups is 1. The van der Waals surface area contributed by atoms with Gasteiger partial charge in [0, 0.05) is 36.2 Å². The number of amides is 1. The average Bonchev–Trinajstić information content (AvgIpc) is 2.44. The smallest absolute Gasteiger partial charge is 0.221 e. The number of nitrogens with zero attached hydrogens (tertiary/aromatic N) is 1. The number of halogens is 2. The zero-order valence-electron chi connectivity index (χ0n) is 14.1. The lowest BCUT2D eigenvalue weighted by Crippen LogP contribution is -2.52. The van der Waals surface area contributed by atoms with Gasteiger partial charge in [-0.15, -0.1) is 24.8 Å². The van der Waals surface area contributed by atoms with E-state index in [0.717, 1.165) is 23.6 Å². The Morgan fingerprint density at radius 1 is 1.39 bits per heavy atom. The standard InChI is InChI=1S/C16H27N3OS.2ClH/c1-13(2)10-16(3,12-17)19-15(20)7-9-21-11-14-6-4-5-8-18-14;;/h4-6,8,13H,7,9-12,17H2,1-3H3,(H,19,20);2*1H. The third-order valence-corrected chi connectivity index (χ3v) is 4.19. The molecule has 0 saturated carbocycles. The number of rotatable bonds is 9. The first-order valence-electron chi connectivity index (χ1n) is 7.44. The lowest BCUT2D eigenvalue weighted by atomic mass is 9.90. The van der Waals surface area contributed by atoms with E-state index in [2.05, 4.69) is 24.1 Å². The number of hydrogen-bond donors (Lipinski definition) is 2. The molecule has 0 aliphatic rings. The summed E-state index contributed by atoms with van der Waals surface area (Å²) in [7, 11) is 0. The Morgan fingerprint density at radius 2 is 2.09 bits per heavy atom. The van der Waals surface area contributed by atoms with Crippen LogP contribution >= 0.6 is 36.6 Å². The average molecular weight is 382 g/mol. The summed E-state index contributed by atoms with van der Waals surface area (Å²) < 4.78 is 0. The molecule has 1 heterocycles. The second kappa shape index (κ2) is 12.9. The fraction of sp³-hybridized carbons (Fsp3) is 0.625. The fourth-order valence-electron chi connectivity index (χ4n) is 2.31. The van der Waals surface area contributed by atoms with Gasteiger partial charge in [-0.2, -0.15) is 11.8 Å². The van der Waals surface area contributed by atoms with Crippen molar-refractivity contribution in [2.75, 3.05) is 12.3 Å². The van der Waals surface area contributed by atoms with Gasteiger partial charge in [0.2, 0.25) is 5.91 Å². The number of nitrogens with two attached hydrogens (primary N) is 1. The molecule has 0 radical (unpaired) electrons. The largest absolute Gasteiger partial charge is 0.350 e. The molecule has 1 rings (SSSR count). The molecule has 1 aromatic heterocycles. The Hall–Kier alpha value is -0.490. The molecule has 0 saturated heterocycles. The van der Waals surface area contributed by atoms with Gasteiger partial charge in [0.05, 0.1) is 5.69 Å². The normalized spacial score (nSPS) is 12.7. The highest BCUT2D eigenvalue weighted by Gasteiger charge is 2.25. The summed E-state index contributed by atoms with van der Waals surface area (Å²) in [5.41, 5.74) is 6.56. The number of carbonyl (C=O) groups excluding carboxylic acids is 1. The Balaban J connectivity index is 0. The van der Waals surface area contributed by atoms with E-state index in [1.54, 1.807) is 18.0 Å². The second-order valence-corrected chi connectivity index (χ2v) is 7.14. The van der Waals surface area contributed by atoms with Crippen molar-refractivity contribution in [3.8, 4) is 0 Å². The zero-order valence-corrected chi connectivity index (χ0v) is 16.5. The molecule has 23 heavy (non-hydrogen) atoms. The maximum atomic E-state index is 12.0. The van der Waals surface area contributed by atoms with Crippen LogP contribution in [0.5, 0.6) is 0 Å². The van der Waals surface area contributed by atoms with Gasteiger partial charge < -0.3 is 11.1 Å². The van der Waals surface area contributed by atoms with E-state index < -0.39 is 0 Å². The highest BCUT2D eigenvalue weighted by molar-refractivity contribution is 7.98. The topological polar surface area (TPSA) is 68.0 Å². The summed E-state index contributed by atoms with van der Waals surface area (Å²) in [6.07, 6.45) is 3.21. The number of pyridine rings is 1. The lowest BCUT2D eigenvalue weighted by molar-refractivity contribution is -0.122. The van der Waals surface area contributed by atoms with E-state index >= 15 is 0 Å². The molecule has 1 aromatic rings. The molecule has 1 atom stereocenters. The Bertz CT molecular complexity index is 435. The first kappa shape index (κ1) is 24.8. The highest BCUT2D eigenvalue weighted by atomic mass is 35.5. The van der Waals surface area contributed by atoms with Crippen molar-refractivity contribution in [1.29, 1.82) is 0 Å². The molecule has 3 N–H and O–H groups in total. The molecular weight excluding hydrogens is 353 g/mol. The van der Waals surface area contributed by atoms with Crippen LogP contribution in [0.25, 0.3) is 0 Å². The van der Waals surface area contributed by atoms with Crippen LogP contribution in [0.1, 0.15) is 39.3 Å². The fourth-order valence-corrected chi connectivity index (χ4v) is 3.16. The highest BCUT2D eigenvalue weighted by Crippen LogP contribution is 2.16. The molecular formula is C16H29Cl2N3OS. The lowest BCUT2D eigenvalue weighted by Gasteiger charge is -2.31. The number of nitrogens with one attached hydrogen (secondary N) is 1. The van der Waals surface area contributed by atoms with Gasteiger partial charge >= 0.3 is 0 Å². The maximum absolute atomic E-state index is 12.0. The van der Waals surface area contributed by atoms with Crippen molar-refractivity contribution in [3.63, 3.8) is 0 Å². The third-order valence-electron chi connectivity index (χ3n) is 3.20. The summed E-state index contributed by atoms with van der Waals surface area (Å²) in [5, 5.41) is 3.08. The van der Waals surface area contributed by atoms with Crippen LogP contribution in [0.15, 0.2) is 24.4 Å². The Labute approximate surface area is 156 Å². The number of hydrogen-bond acceptors (Lipinski definition) is 4. The molecule has 0 aromatic carbocycles. The Kier molecular flexibility index (Phi) is 13.9. The van der Waals surface area contributed by atoms with Crippen LogP contribution in [-0.4, -0.2) is 28.7 Å². The van der Waals surface area contributed by atoms with Crippen LogP contribution in [0.4, 0.5) is 0 Å².